The lowest BCUT2D eigenvalue weighted by Gasteiger charge is -2.36. The van der Waals surface area contributed by atoms with Gasteiger partial charge in [-0.2, -0.15) is 4.98 Å². The minimum Gasteiger partial charge on any atom is -0.480 e. The lowest BCUT2D eigenvalue weighted by Crippen LogP contribution is -2.46. The minimum atomic E-state index is -1.07. The van der Waals surface area contributed by atoms with E-state index >= 15 is 0 Å². The molecule has 3 aromatic rings. The molecule has 0 saturated carbocycles. The number of nitrogens with one attached hydrogen (secondary N) is 2. The molecule has 0 bridgehead atoms. The molecule has 1 unspecified atom stereocenters. The fraction of sp³-hybridized carbons (Fsp3) is 0.250. The van der Waals surface area contributed by atoms with Crippen LogP contribution in [0.1, 0.15) is 41.4 Å². The van der Waals surface area contributed by atoms with Crippen LogP contribution < -0.4 is 15.5 Å². The normalized spacial score (nSPS) is 14.8. The maximum absolute atomic E-state index is 13.8. The van der Waals surface area contributed by atoms with Crippen molar-refractivity contribution in [2.75, 3.05) is 16.9 Å². The van der Waals surface area contributed by atoms with Gasteiger partial charge < -0.3 is 20.6 Å². The number of carbonyl (C=O) groups excluding carboxylic acids is 1. The molecule has 4 rings (SSSR count). The summed E-state index contributed by atoms with van der Waals surface area (Å²) in [5.74, 6) is -1.37. The van der Waals surface area contributed by atoms with Crippen molar-refractivity contribution in [1.29, 1.82) is 0 Å². The number of carboxylic acids is 1. The molecule has 2 aromatic carbocycles. The van der Waals surface area contributed by atoms with E-state index in [1.165, 1.54) is 19.1 Å². The molecule has 1 aromatic heterocycles. The SMILES string of the molecule is Cc1cc(F)ccc1-c1nc(NC(C)C(=O)O)nc2c1C(=O)NCN2[C@@H](C)c1ccccc1. The molecule has 170 valence electrons. The predicted molar refractivity (Wildman–Crippen MR) is 123 cm³/mol. The van der Waals surface area contributed by atoms with E-state index in [0.29, 0.717) is 22.6 Å². The molecule has 9 heteroatoms. The maximum atomic E-state index is 13.8. The van der Waals surface area contributed by atoms with Crippen molar-refractivity contribution >= 4 is 23.6 Å². The summed E-state index contributed by atoms with van der Waals surface area (Å²) in [6.07, 6.45) is 0. The first-order valence-electron chi connectivity index (χ1n) is 10.5. The number of amides is 1. The Hall–Kier alpha value is -4.01. The van der Waals surface area contributed by atoms with Crippen LogP contribution in [0.5, 0.6) is 0 Å². The van der Waals surface area contributed by atoms with Crippen molar-refractivity contribution in [2.24, 2.45) is 0 Å². The molecular formula is C24H24FN5O3. The molecular weight excluding hydrogens is 425 g/mol. The third-order valence-electron chi connectivity index (χ3n) is 5.71. The second-order valence-electron chi connectivity index (χ2n) is 7.98. The van der Waals surface area contributed by atoms with E-state index in [2.05, 4.69) is 20.6 Å². The summed E-state index contributed by atoms with van der Waals surface area (Å²) < 4.78 is 13.8. The number of hydrogen-bond donors (Lipinski definition) is 3. The van der Waals surface area contributed by atoms with Gasteiger partial charge in [0.05, 0.1) is 18.4 Å². The third kappa shape index (κ3) is 4.34. The zero-order valence-corrected chi connectivity index (χ0v) is 18.5. The smallest absolute Gasteiger partial charge is 0.325 e. The van der Waals surface area contributed by atoms with Crippen LogP contribution in [-0.2, 0) is 4.79 Å². The molecule has 0 aliphatic carbocycles. The van der Waals surface area contributed by atoms with Crippen molar-refractivity contribution in [2.45, 2.75) is 32.9 Å². The Kier molecular flexibility index (Phi) is 5.95. The highest BCUT2D eigenvalue weighted by molar-refractivity contribution is 6.06. The van der Waals surface area contributed by atoms with Gasteiger partial charge in [0.25, 0.3) is 5.91 Å². The number of benzene rings is 2. The van der Waals surface area contributed by atoms with E-state index in [4.69, 9.17) is 0 Å². The summed E-state index contributed by atoms with van der Waals surface area (Å²) >= 11 is 0. The van der Waals surface area contributed by atoms with Crippen LogP contribution >= 0.6 is 0 Å². The van der Waals surface area contributed by atoms with Crippen LogP contribution in [0.3, 0.4) is 0 Å². The van der Waals surface area contributed by atoms with Crippen molar-refractivity contribution < 1.29 is 19.1 Å². The van der Waals surface area contributed by atoms with Gasteiger partial charge >= 0.3 is 5.97 Å². The van der Waals surface area contributed by atoms with Gasteiger partial charge in [-0.25, -0.2) is 9.37 Å². The van der Waals surface area contributed by atoms with E-state index in [0.717, 1.165) is 5.56 Å². The first kappa shape index (κ1) is 22.2. The van der Waals surface area contributed by atoms with E-state index in [-0.39, 0.29) is 30.1 Å². The number of rotatable bonds is 6. The Morgan fingerprint density at radius 2 is 1.91 bits per heavy atom. The van der Waals surface area contributed by atoms with Gasteiger partial charge in [-0.3, -0.25) is 9.59 Å². The van der Waals surface area contributed by atoms with Gasteiger partial charge in [-0.1, -0.05) is 30.3 Å². The highest BCUT2D eigenvalue weighted by Crippen LogP contribution is 2.37. The van der Waals surface area contributed by atoms with Crippen LogP contribution in [-0.4, -0.2) is 39.7 Å². The Balaban J connectivity index is 1.92. The fourth-order valence-corrected chi connectivity index (χ4v) is 3.83. The highest BCUT2D eigenvalue weighted by Gasteiger charge is 2.33. The molecule has 0 saturated heterocycles. The molecule has 0 radical (unpaired) electrons. The Morgan fingerprint density at radius 3 is 2.58 bits per heavy atom. The van der Waals surface area contributed by atoms with E-state index in [1.54, 1.807) is 13.0 Å². The summed E-state index contributed by atoms with van der Waals surface area (Å²) in [7, 11) is 0. The summed E-state index contributed by atoms with van der Waals surface area (Å²) in [5, 5.41) is 15.0. The molecule has 1 aliphatic rings. The topological polar surface area (TPSA) is 107 Å². The maximum Gasteiger partial charge on any atom is 0.325 e. The lowest BCUT2D eigenvalue weighted by molar-refractivity contribution is -0.137. The number of halogens is 1. The average molecular weight is 449 g/mol. The molecule has 3 N–H and O–H groups in total. The van der Waals surface area contributed by atoms with Gasteiger partial charge in [0.2, 0.25) is 5.95 Å². The second-order valence-corrected chi connectivity index (χ2v) is 7.98. The number of aryl methyl sites for hydroxylation is 1. The Labute approximate surface area is 190 Å². The monoisotopic (exact) mass is 449 g/mol. The van der Waals surface area contributed by atoms with Crippen LogP contribution in [0.25, 0.3) is 11.3 Å². The standard InChI is InChI=1S/C24H24FN5O3/c1-13-11-17(25)9-10-18(13)20-19-21(29-24(28-20)27-14(2)23(32)33)30(12-26-22(19)31)15(3)16-7-5-4-6-8-16/h4-11,14-15H,12H2,1-3H3,(H,26,31)(H,32,33)(H,27,28,29)/t14?,15-/m0/s1. The summed E-state index contributed by atoms with van der Waals surface area (Å²) in [5.41, 5.74) is 2.73. The van der Waals surface area contributed by atoms with Gasteiger partial charge in [0.15, 0.2) is 0 Å². The van der Waals surface area contributed by atoms with Crippen LogP contribution in [0.4, 0.5) is 16.2 Å². The van der Waals surface area contributed by atoms with Gasteiger partial charge in [0, 0.05) is 5.56 Å². The van der Waals surface area contributed by atoms with Crippen molar-refractivity contribution in [3.8, 4) is 11.3 Å². The molecule has 0 spiro atoms. The van der Waals surface area contributed by atoms with Crippen molar-refractivity contribution in [3.63, 3.8) is 0 Å². The third-order valence-corrected chi connectivity index (χ3v) is 5.71. The Morgan fingerprint density at radius 1 is 1.18 bits per heavy atom. The average Bonchev–Trinajstić information content (AvgIpc) is 2.79. The zero-order valence-electron chi connectivity index (χ0n) is 18.5. The van der Waals surface area contributed by atoms with Gasteiger partial charge in [-0.05, 0) is 50.1 Å². The summed E-state index contributed by atoms with van der Waals surface area (Å²) in [6.45, 7) is 5.42. The van der Waals surface area contributed by atoms with Crippen molar-refractivity contribution in [3.05, 3.63) is 71.0 Å². The van der Waals surface area contributed by atoms with Crippen LogP contribution in [0, 0.1) is 12.7 Å². The van der Waals surface area contributed by atoms with Gasteiger partial charge in [-0.15, -0.1) is 0 Å². The number of aromatic nitrogens is 2. The first-order chi connectivity index (χ1) is 15.8. The number of carbonyl (C=O) groups is 2. The lowest BCUT2D eigenvalue weighted by atomic mass is 9.98. The number of aliphatic carboxylic acids is 1. The molecule has 0 fully saturated rings. The number of fused-ring (bicyclic) bond motifs is 1. The second kappa shape index (κ2) is 8.85. The highest BCUT2D eigenvalue weighted by atomic mass is 19.1. The Bertz CT molecular complexity index is 1220. The zero-order chi connectivity index (χ0) is 23.7. The van der Waals surface area contributed by atoms with Crippen LogP contribution in [0.15, 0.2) is 48.5 Å². The molecule has 1 aliphatic heterocycles. The van der Waals surface area contributed by atoms with Crippen molar-refractivity contribution in [1.82, 2.24) is 15.3 Å². The van der Waals surface area contributed by atoms with E-state index in [9.17, 15) is 19.1 Å². The molecule has 2 atom stereocenters. The molecule has 2 heterocycles. The van der Waals surface area contributed by atoms with E-state index < -0.39 is 17.8 Å². The predicted octanol–water partition coefficient (Wildman–Crippen LogP) is 3.74. The summed E-state index contributed by atoms with van der Waals surface area (Å²) in [4.78, 5) is 35.4. The summed E-state index contributed by atoms with van der Waals surface area (Å²) in [6, 6.07) is 12.9. The number of hydrogen-bond acceptors (Lipinski definition) is 6. The van der Waals surface area contributed by atoms with Crippen LogP contribution in [0.2, 0.25) is 0 Å². The molecule has 1 amide bonds. The molecule has 8 nitrogen and oxygen atoms in total. The van der Waals surface area contributed by atoms with E-state index in [1.807, 2.05) is 42.2 Å². The number of anilines is 2. The number of carboxylic acid groups (broad SMARTS) is 1. The minimum absolute atomic E-state index is 0.0716. The van der Waals surface area contributed by atoms with Gasteiger partial charge in [0.1, 0.15) is 23.2 Å². The first-order valence-corrected chi connectivity index (χ1v) is 10.5. The number of nitrogens with zero attached hydrogens (tertiary/aromatic N) is 3. The quantitative estimate of drug-likeness (QED) is 0.526. The fourth-order valence-electron chi connectivity index (χ4n) is 3.83. The largest absolute Gasteiger partial charge is 0.480 e. The molecule has 33 heavy (non-hydrogen) atoms.